The zero-order chi connectivity index (χ0) is 35.9. The van der Waals surface area contributed by atoms with Crippen molar-refractivity contribution in [2.45, 2.75) is 193 Å². The van der Waals surface area contributed by atoms with E-state index >= 15 is 0 Å². The number of rotatable bonds is 36. The first-order chi connectivity index (χ1) is 23.0. The van der Waals surface area contributed by atoms with Crippen LogP contribution in [-0.4, -0.2) is 79.3 Å². The van der Waals surface area contributed by atoms with E-state index in [1.807, 2.05) is 21.1 Å². The zero-order valence-electron chi connectivity index (χ0n) is 31.9. The lowest BCUT2D eigenvalue weighted by atomic mass is 10.0. The highest BCUT2D eigenvalue weighted by molar-refractivity contribution is 7.47. The summed E-state index contributed by atoms with van der Waals surface area (Å²) in [5.74, 6) is -1.02. The molecule has 2 unspecified atom stereocenters. The van der Waals surface area contributed by atoms with Gasteiger partial charge in [0.15, 0.2) is 18.0 Å². The Morgan fingerprint density at radius 3 is 1.38 bits per heavy atom. The van der Waals surface area contributed by atoms with Crippen LogP contribution in [0.3, 0.4) is 0 Å². The summed E-state index contributed by atoms with van der Waals surface area (Å²) in [5, 5.41) is 10.1. The van der Waals surface area contributed by atoms with Gasteiger partial charge in [0.1, 0.15) is 13.2 Å². The fourth-order valence-corrected chi connectivity index (χ4v) is 6.67. The van der Waals surface area contributed by atoms with Gasteiger partial charge in [-0.3, -0.25) is 18.6 Å². The third-order valence-electron chi connectivity index (χ3n) is 8.89. The van der Waals surface area contributed by atoms with Gasteiger partial charge in [-0.1, -0.05) is 155 Å². The van der Waals surface area contributed by atoms with Crippen molar-refractivity contribution in [3.8, 4) is 0 Å². The van der Waals surface area contributed by atoms with Crippen LogP contribution in [0.25, 0.3) is 0 Å². The average Bonchev–Trinajstić information content (AvgIpc) is 3.02. The van der Waals surface area contributed by atoms with Crippen LogP contribution in [0.2, 0.25) is 0 Å². The van der Waals surface area contributed by atoms with Crippen LogP contribution in [0.15, 0.2) is 0 Å². The summed E-state index contributed by atoms with van der Waals surface area (Å²) in [6, 6.07) is 0. The van der Waals surface area contributed by atoms with Crippen LogP contribution in [0.5, 0.6) is 0 Å². The van der Waals surface area contributed by atoms with E-state index in [0.29, 0.717) is 23.9 Å². The fraction of sp³-hybridized carbons (Fsp3) is 0.947. The summed E-state index contributed by atoms with van der Waals surface area (Å²) in [4.78, 5) is 36.4. The van der Waals surface area contributed by atoms with Gasteiger partial charge in [-0.05, 0) is 12.8 Å². The van der Waals surface area contributed by atoms with Gasteiger partial charge in [0.2, 0.25) is 0 Å². The van der Waals surface area contributed by atoms with Gasteiger partial charge < -0.3 is 19.2 Å². The van der Waals surface area contributed by atoms with Crippen LogP contribution in [0, 0.1) is 0 Å². The maximum Gasteiger partial charge on any atom is 0.473 e. The van der Waals surface area contributed by atoms with E-state index in [1.165, 1.54) is 103 Å². The van der Waals surface area contributed by atoms with Crippen molar-refractivity contribution >= 4 is 19.6 Å². The molecule has 0 aromatic rings. The maximum atomic E-state index is 13.3. The second-order valence-corrected chi connectivity index (χ2v) is 16.2. The van der Waals surface area contributed by atoms with Gasteiger partial charge in [-0.25, -0.2) is 4.57 Å². The molecule has 0 amide bonds. The van der Waals surface area contributed by atoms with Crippen molar-refractivity contribution < 1.29 is 42.4 Å². The second-order valence-electron chi connectivity index (χ2n) is 14.8. The van der Waals surface area contributed by atoms with Crippen LogP contribution >= 0.6 is 7.82 Å². The number of phosphoric ester groups is 1. The van der Waals surface area contributed by atoms with Crippen molar-refractivity contribution in [1.29, 1.82) is 0 Å². The van der Waals surface area contributed by atoms with Crippen molar-refractivity contribution in [1.82, 2.24) is 0 Å². The Balaban J connectivity index is 4.73. The number of hydrogen-bond acceptors (Lipinski definition) is 7. The highest BCUT2D eigenvalue weighted by Crippen LogP contribution is 2.45. The molecule has 0 saturated heterocycles. The Bertz CT molecular complexity index is 819. The quantitative estimate of drug-likeness (QED) is 0.0286. The molecule has 0 heterocycles. The lowest BCUT2D eigenvalue weighted by molar-refractivity contribution is -0.870. The summed E-state index contributed by atoms with van der Waals surface area (Å²) in [6.07, 6.45) is 25.3. The van der Waals surface area contributed by atoms with Gasteiger partial charge in [-0.2, -0.15) is 0 Å². The molecular formula is C38H77NO8P+. The number of ether oxygens (including phenoxy) is 1. The Morgan fingerprint density at radius 1 is 0.625 bits per heavy atom. The van der Waals surface area contributed by atoms with E-state index in [2.05, 4.69) is 13.8 Å². The molecule has 2 N–H and O–H groups in total. The van der Waals surface area contributed by atoms with Crippen molar-refractivity contribution in [3.63, 3.8) is 0 Å². The number of aliphatic hydroxyl groups is 1. The molecule has 0 bridgehead atoms. The number of Topliss-reactive ketones (excluding diaryl/α,β-unsaturated/α-hetero) is 1. The number of phosphoric acid groups is 1. The Labute approximate surface area is 295 Å². The minimum absolute atomic E-state index is 0.0561. The summed E-state index contributed by atoms with van der Waals surface area (Å²) in [7, 11) is 1.11. The highest BCUT2D eigenvalue weighted by Gasteiger charge is 2.38. The SMILES string of the molecule is CCCCCCCCCCCCCCCC(=O)C(OP(=O)(O)OCC[N+](C)(C)C)[C@H](CO)OC(=O)CCCCCCCCCCCCC. The number of quaternary nitrogens is 1. The predicted molar refractivity (Wildman–Crippen MR) is 197 cm³/mol. The molecule has 0 aliphatic rings. The molecule has 10 heteroatoms. The summed E-state index contributed by atoms with van der Waals surface area (Å²) >= 11 is 0. The van der Waals surface area contributed by atoms with Crippen molar-refractivity contribution in [2.75, 3.05) is 40.9 Å². The topological polar surface area (TPSA) is 119 Å². The maximum absolute atomic E-state index is 13.3. The van der Waals surface area contributed by atoms with E-state index < -0.39 is 38.4 Å². The van der Waals surface area contributed by atoms with Crippen LogP contribution in [0.1, 0.15) is 181 Å². The Kier molecular flexibility index (Phi) is 30.4. The summed E-state index contributed by atoms with van der Waals surface area (Å²) in [5.41, 5.74) is 0. The lowest BCUT2D eigenvalue weighted by Crippen LogP contribution is -2.42. The number of carbonyl (C=O) groups is 2. The molecule has 0 aromatic heterocycles. The number of unbranched alkanes of at least 4 members (excludes halogenated alkanes) is 22. The van der Waals surface area contributed by atoms with E-state index in [4.69, 9.17) is 13.8 Å². The number of nitrogens with zero attached hydrogens (tertiary/aromatic N) is 1. The number of carbonyl (C=O) groups excluding carboxylic acids is 2. The number of ketones is 1. The Morgan fingerprint density at radius 2 is 1.00 bits per heavy atom. The minimum Gasteiger partial charge on any atom is -0.457 e. The Hall–Kier alpha value is -0.830. The second kappa shape index (κ2) is 30.9. The molecule has 3 atom stereocenters. The molecule has 0 fully saturated rings. The molecule has 0 spiro atoms. The molecule has 0 rings (SSSR count). The van der Waals surface area contributed by atoms with E-state index in [-0.39, 0.29) is 19.4 Å². The van der Waals surface area contributed by atoms with Gasteiger partial charge in [0.25, 0.3) is 0 Å². The zero-order valence-corrected chi connectivity index (χ0v) is 32.8. The van der Waals surface area contributed by atoms with E-state index in [0.717, 1.165) is 38.5 Å². The molecule has 0 radical (unpaired) electrons. The van der Waals surface area contributed by atoms with Gasteiger partial charge >= 0.3 is 13.8 Å². The molecule has 286 valence electrons. The van der Waals surface area contributed by atoms with E-state index in [9.17, 15) is 24.2 Å². The monoisotopic (exact) mass is 707 g/mol. The minimum atomic E-state index is -4.65. The van der Waals surface area contributed by atoms with Crippen molar-refractivity contribution in [2.24, 2.45) is 0 Å². The molecule has 0 aliphatic heterocycles. The van der Waals surface area contributed by atoms with Crippen molar-refractivity contribution in [3.05, 3.63) is 0 Å². The molecule has 0 aromatic carbocycles. The first kappa shape index (κ1) is 47.2. The third kappa shape index (κ3) is 30.0. The third-order valence-corrected chi connectivity index (χ3v) is 9.89. The van der Waals surface area contributed by atoms with Crippen LogP contribution in [0.4, 0.5) is 0 Å². The summed E-state index contributed by atoms with van der Waals surface area (Å²) < 4.78 is 29.3. The van der Waals surface area contributed by atoms with Gasteiger partial charge in [0.05, 0.1) is 27.7 Å². The normalized spacial score (nSPS) is 14.5. The molecule has 0 saturated carbocycles. The van der Waals surface area contributed by atoms with Crippen LogP contribution in [-0.2, 0) is 27.9 Å². The molecular weight excluding hydrogens is 629 g/mol. The predicted octanol–water partition coefficient (Wildman–Crippen LogP) is 9.85. The first-order valence-electron chi connectivity index (χ1n) is 19.7. The van der Waals surface area contributed by atoms with Crippen LogP contribution < -0.4 is 0 Å². The lowest BCUT2D eigenvalue weighted by Gasteiger charge is -2.27. The highest BCUT2D eigenvalue weighted by atomic mass is 31.2. The van der Waals surface area contributed by atoms with Gasteiger partial charge in [-0.15, -0.1) is 0 Å². The largest absolute Gasteiger partial charge is 0.473 e. The van der Waals surface area contributed by atoms with E-state index in [1.54, 1.807) is 0 Å². The number of aliphatic hydroxyl groups excluding tert-OH is 1. The fourth-order valence-electron chi connectivity index (χ4n) is 5.75. The van der Waals surface area contributed by atoms with Gasteiger partial charge in [0, 0.05) is 12.8 Å². The standard InChI is InChI=1S/C38H76NO8P/c1-6-8-10-12-14-16-18-19-21-22-24-26-28-30-35(41)38(47-48(43,44)45-33-32-39(3,4)5)36(34-40)46-37(42)31-29-27-25-23-20-17-15-13-11-9-7-2/h36,38,40H,6-34H2,1-5H3/p+1/t36-,38?/m0/s1. The molecule has 0 aliphatic carbocycles. The number of esters is 1. The molecule has 48 heavy (non-hydrogen) atoms. The number of hydrogen-bond donors (Lipinski definition) is 2. The number of likely N-dealkylation sites (N-methyl/N-ethyl adjacent to an activating group) is 1. The smallest absolute Gasteiger partial charge is 0.457 e. The average molecular weight is 707 g/mol. The summed E-state index contributed by atoms with van der Waals surface area (Å²) in [6.45, 7) is 4.16. The molecule has 9 nitrogen and oxygen atoms in total. The first-order valence-corrected chi connectivity index (χ1v) is 21.2.